The number of Topliss-reactive ketones (excluding diaryl/α,β-unsaturated/α-hetero) is 1. The Morgan fingerprint density at radius 1 is 1.00 bits per heavy atom. The fourth-order valence-electron chi connectivity index (χ4n) is 3.91. The SMILES string of the molecule is CC(C)(C)OC(=O)N1CCN(c2ccc3cc(C(=O)Cc4ccccc4N)ncc3c2)CC1. The number of fused-ring (bicyclic) bond motifs is 1. The topological polar surface area (TPSA) is 88.8 Å². The van der Waals surface area contributed by atoms with Crippen molar-refractivity contribution in [1.29, 1.82) is 0 Å². The molecule has 2 heterocycles. The van der Waals surface area contributed by atoms with Crippen molar-refractivity contribution >= 4 is 34.0 Å². The number of amides is 1. The van der Waals surface area contributed by atoms with Crippen molar-refractivity contribution < 1.29 is 14.3 Å². The fourth-order valence-corrected chi connectivity index (χ4v) is 3.91. The first-order valence-corrected chi connectivity index (χ1v) is 11.2. The Labute approximate surface area is 194 Å². The first-order valence-electron chi connectivity index (χ1n) is 11.2. The molecule has 3 aromatic rings. The number of nitrogens with zero attached hydrogens (tertiary/aromatic N) is 3. The lowest BCUT2D eigenvalue weighted by molar-refractivity contribution is 0.0240. The number of para-hydroxylation sites is 1. The molecule has 0 aliphatic carbocycles. The predicted octanol–water partition coefficient (Wildman–Crippen LogP) is 4.30. The van der Waals surface area contributed by atoms with Gasteiger partial charge in [0.1, 0.15) is 11.3 Å². The molecule has 4 rings (SSSR count). The molecule has 2 aromatic carbocycles. The number of hydrogen-bond acceptors (Lipinski definition) is 6. The number of aromatic nitrogens is 1. The highest BCUT2D eigenvalue weighted by atomic mass is 16.6. The van der Waals surface area contributed by atoms with E-state index in [0.29, 0.717) is 24.5 Å². The second-order valence-corrected chi connectivity index (χ2v) is 9.35. The summed E-state index contributed by atoms with van der Waals surface area (Å²) in [5.41, 5.74) is 8.41. The van der Waals surface area contributed by atoms with Crippen LogP contribution in [0.4, 0.5) is 16.2 Å². The number of rotatable bonds is 4. The predicted molar refractivity (Wildman–Crippen MR) is 131 cm³/mol. The minimum absolute atomic E-state index is 0.0582. The molecule has 1 aliphatic heterocycles. The summed E-state index contributed by atoms with van der Waals surface area (Å²) in [7, 11) is 0. The molecule has 0 unspecified atom stereocenters. The lowest BCUT2D eigenvalue weighted by Gasteiger charge is -2.36. The van der Waals surface area contributed by atoms with Gasteiger partial charge in [-0.1, -0.05) is 24.3 Å². The van der Waals surface area contributed by atoms with E-state index in [0.717, 1.165) is 35.1 Å². The number of carbonyl (C=O) groups is 2. The van der Waals surface area contributed by atoms with E-state index in [2.05, 4.69) is 22.0 Å². The lowest BCUT2D eigenvalue weighted by Crippen LogP contribution is -2.50. The van der Waals surface area contributed by atoms with Gasteiger partial charge in [-0.2, -0.15) is 0 Å². The van der Waals surface area contributed by atoms with Crippen LogP contribution in [0.5, 0.6) is 0 Å². The molecule has 1 amide bonds. The summed E-state index contributed by atoms with van der Waals surface area (Å²) in [4.78, 5) is 33.4. The number of hydrogen-bond donors (Lipinski definition) is 1. The molecular weight excluding hydrogens is 416 g/mol. The van der Waals surface area contributed by atoms with E-state index in [1.165, 1.54) is 0 Å². The van der Waals surface area contributed by atoms with E-state index in [1.54, 1.807) is 17.2 Å². The molecule has 0 saturated carbocycles. The molecule has 0 spiro atoms. The van der Waals surface area contributed by atoms with Crippen LogP contribution in [0, 0.1) is 0 Å². The molecule has 1 fully saturated rings. The normalized spacial score (nSPS) is 14.4. The molecule has 2 N–H and O–H groups in total. The number of ketones is 1. The highest BCUT2D eigenvalue weighted by Crippen LogP contribution is 2.24. The van der Waals surface area contributed by atoms with E-state index in [4.69, 9.17) is 10.5 Å². The number of nitrogens with two attached hydrogens (primary N) is 1. The standard InChI is InChI=1S/C26H30N4O3/c1-26(2,3)33-25(32)30-12-10-29(11-13-30)21-9-8-18-15-23(28-17-20(18)14-21)24(31)16-19-6-4-5-7-22(19)27/h4-9,14-15,17H,10-13,16,27H2,1-3H3. The van der Waals surface area contributed by atoms with Gasteiger partial charge < -0.3 is 20.3 Å². The minimum Gasteiger partial charge on any atom is -0.444 e. The first-order chi connectivity index (χ1) is 15.7. The Bertz CT molecular complexity index is 1180. The maximum Gasteiger partial charge on any atom is 0.410 e. The highest BCUT2D eigenvalue weighted by Gasteiger charge is 2.26. The summed E-state index contributed by atoms with van der Waals surface area (Å²) < 4.78 is 5.48. The van der Waals surface area contributed by atoms with Gasteiger partial charge in [0.25, 0.3) is 0 Å². The van der Waals surface area contributed by atoms with Gasteiger partial charge in [0.05, 0.1) is 0 Å². The average molecular weight is 447 g/mol. The zero-order chi connectivity index (χ0) is 23.6. The van der Waals surface area contributed by atoms with Gasteiger partial charge in [0.15, 0.2) is 5.78 Å². The molecule has 1 aromatic heterocycles. The van der Waals surface area contributed by atoms with Gasteiger partial charge in [-0.15, -0.1) is 0 Å². The van der Waals surface area contributed by atoms with Crippen LogP contribution < -0.4 is 10.6 Å². The van der Waals surface area contributed by atoms with Crippen molar-refractivity contribution in [2.45, 2.75) is 32.8 Å². The third-order valence-corrected chi connectivity index (χ3v) is 5.69. The van der Waals surface area contributed by atoms with Gasteiger partial charge in [-0.25, -0.2) is 4.79 Å². The highest BCUT2D eigenvalue weighted by molar-refractivity contribution is 5.99. The van der Waals surface area contributed by atoms with E-state index < -0.39 is 5.60 Å². The summed E-state index contributed by atoms with van der Waals surface area (Å²) in [5, 5.41) is 1.93. The Morgan fingerprint density at radius 3 is 2.42 bits per heavy atom. The summed E-state index contributed by atoms with van der Waals surface area (Å²) in [6.45, 7) is 8.31. The lowest BCUT2D eigenvalue weighted by atomic mass is 10.0. The van der Waals surface area contributed by atoms with Crippen molar-refractivity contribution in [3.8, 4) is 0 Å². The largest absolute Gasteiger partial charge is 0.444 e. The fraction of sp³-hybridized carbons (Fsp3) is 0.346. The number of piperazine rings is 1. The van der Waals surface area contributed by atoms with Crippen LogP contribution in [-0.2, 0) is 11.2 Å². The number of benzene rings is 2. The second-order valence-electron chi connectivity index (χ2n) is 9.35. The van der Waals surface area contributed by atoms with E-state index >= 15 is 0 Å². The Hall–Kier alpha value is -3.61. The Balaban J connectivity index is 1.43. The smallest absolute Gasteiger partial charge is 0.410 e. The molecule has 0 radical (unpaired) electrons. The third kappa shape index (κ3) is 5.42. The number of ether oxygens (including phenoxy) is 1. The number of pyridine rings is 1. The van der Waals surface area contributed by atoms with Gasteiger partial charge in [-0.3, -0.25) is 9.78 Å². The summed E-state index contributed by atoms with van der Waals surface area (Å²) in [6.07, 6.45) is 1.71. The van der Waals surface area contributed by atoms with E-state index in [9.17, 15) is 9.59 Å². The van der Waals surface area contributed by atoms with Gasteiger partial charge >= 0.3 is 6.09 Å². The molecule has 7 nitrogen and oxygen atoms in total. The number of carbonyl (C=O) groups excluding carboxylic acids is 2. The molecule has 0 bridgehead atoms. The van der Waals surface area contributed by atoms with E-state index in [-0.39, 0.29) is 18.3 Å². The summed E-state index contributed by atoms with van der Waals surface area (Å²) in [6, 6.07) is 15.4. The van der Waals surface area contributed by atoms with Gasteiger partial charge in [-0.05, 0) is 56.0 Å². The first kappa shape index (κ1) is 22.6. The molecule has 7 heteroatoms. The average Bonchev–Trinajstić information content (AvgIpc) is 2.79. The van der Waals surface area contributed by atoms with Crippen LogP contribution in [0.3, 0.4) is 0 Å². The molecular formula is C26H30N4O3. The van der Waals surface area contributed by atoms with Gasteiger partial charge in [0.2, 0.25) is 0 Å². The van der Waals surface area contributed by atoms with Crippen molar-refractivity contribution in [2.75, 3.05) is 36.8 Å². The minimum atomic E-state index is -0.493. The van der Waals surface area contributed by atoms with Crippen LogP contribution in [0.25, 0.3) is 10.8 Å². The monoisotopic (exact) mass is 446 g/mol. The third-order valence-electron chi connectivity index (χ3n) is 5.69. The summed E-state index contributed by atoms with van der Waals surface area (Å²) >= 11 is 0. The van der Waals surface area contributed by atoms with E-state index in [1.807, 2.05) is 51.1 Å². The molecule has 1 saturated heterocycles. The summed E-state index contributed by atoms with van der Waals surface area (Å²) in [5.74, 6) is -0.0582. The van der Waals surface area contributed by atoms with Crippen LogP contribution in [0.2, 0.25) is 0 Å². The molecule has 172 valence electrons. The van der Waals surface area contributed by atoms with Crippen LogP contribution in [-0.4, -0.2) is 53.5 Å². The van der Waals surface area contributed by atoms with Gasteiger partial charge in [0, 0.05) is 55.6 Å². The van der Waals surface area contributed by atoms with Crippen LogP contribution in [0.15, 0.2) is 54.7 Å². The molecule has 33 heavy (non-hydrogen) atoms. The maximum absolute atomic E-state index is 12.7. The van der Waals surface area contributed by atoms with Crippen molar-refractivity contribution in [1.82, 2.24) is 9.88 Å². The van der Waals surface area contributed by atoms with Crippen molar-refractivity contribution in [2.24, 2.45) is 0 Å². The number of anilines is 2. The Kier molecular flexibility index (Phi) is 6.22. The zero-order valence-corrected chi connectivity index (χ0v) is 19.4. The second kappa shape index (κ2) is 9.10. The molecule has 0 atom stereocenters. The number of nitrogen functional groups attached to an aromatic ring is 1. The quantitative estimate of drug-likeness (QED) is 0.475. The molecule has 1 aliphatic rings. The van der Waals surface area contributed by atoms with Crippen molar-refractivity contribution in [3.63, 3.8) is 0 Å². The maximum atomic E-state index is 12.7. The van der Waals surface area contributed by atoms with Crippen LogP contribution >= 0.6 is 0 Å². The Morgan fingerprint density at radius 2 is 1.73 bits per heavy atom. The zero-order valence-electron chi connectivity index (χ0n) is 19.4. The van der Waals surface area contributed by atoms with Crippen molar-refractivity contribution in [3.05, 3.63) is 66.0 Å². The van der Waals surface area contributed by atoms with Crippen LogP contribution in [0.1, 0.15) is 36.8 Å².